The molecule has 0 atom stereocenters. The molecule has 0 amide bonds. The van der Waals surface area contributed by atoms with Crippen LogP contribution in [0, 0.1) is 5.41 Å². The van der Waals surface area contributed by atoms with Crippen molar-refractivity contribution in [2.75, 3.05) is 5.32 Å². The highest BCUT2D eigenvalue weighted by Gasteiger charge is 2.27. The molecule has 0 radical (unpaired) electrons. The van der Waals surface area contributed by atoms with Gasteiger partial charge in [0.15, 0.2) is 5.82 Å². The van der Waals surface area contributed by atoms with Crippen LogP contribution in [-0.2, 0) is 19.4 Å². The smallest absolute Gasteiger partial charge is 0.154 e. The summed E-state index contributed by atoms with van der Waals surface area (Å²) in [6.07, 6.45) is 7.68. The Morgan fingerprint density at radius 2 is 1.55 bits per heavy atom. The van der Waals surface area contributed by atoms with Gasteiger partial charge in [-0.2, -0.15) is 0 Å². The number of imidazole rings is 1. The number of aromatic nitrogens is 3. The lowest BCUT2D eigenvalue weighted by Gasteiger charge is -2.34. The zero-order chi connectivity index (χ0) is 24.1. The number of pyridine rings is 1. The summed E-state index contributed by atoms with van der Waals surface area (Å²) in [6.45, 7) is 16.8. The minimum Gasteiger partial charge on any atom is -0.363 e. The highest BCUT2D eigenvalue weighted by atomic mass is 15.1. The second kappa shape index (κ2) is 10.7. The van der Waals surface area contributed by atoms with Crippen LogP contribution in [0.2, 0.25) is 0 Å². The van der Waals surface area contributed by atoms with E-state index in [0.29, 0.717) is 0 Å². The number of hydrogen-bond acceptors (Lipinski definition) is 3. The third-order valence-corrected chi connectivity index (χ3v) is 6.02. The van der Waals surface area contributed by atoms with E-state index in [0.717, 1.165) is 62.1 Å². The summed E-state index contributed by atoms with van der Waals surface area (Å²) in [5.74, 6) is 2.11. The Morgan fingerprint density at radius 3 is 2.18 bits per heavy atom. The second-order valence-corrected chi connectivity index (χ2v) is 11.4. The molecule has 3 aromatic rings. The van der Waals surface area contributed by atoms with Gasteiger partial charge in [0.2, 0.25) is 0 Å². The van der Waals surface area contributed by atoms with Crippen LogP contribution >= 0.6 is 0 Å². The van der Waals surface area contributed by atoms with Crippen molar-refractivity contribution in [3.63, 3.8) is 0 Å². The molecule has 0 spiro atoms. The number of anilines is 1. The van der Waals surface area contributed by atoms with Crippen molar-refractivity contribution in [1.29, 1.82) is 0 Å². The lowest BCUT2D eigenvalue weighted by molar-refractivity contribution is 0.302. The fourth-order valence-corrected chi connectivity index (χ4v) is 4.95. The lowest BCUT2D eigenvalue weighted by atomic mass is 9.82. The number of benzene rings is 1. The van der Waals surface area contributed by atoms with E-state index in [2.05, 4.69) is 94.7 Å². The van der Waals surface area contributed by atoms with Crippen molar-refractivity contribution in [3.8, 4) is 0 Å². The molecule has 33 heavy (non-hydrogen) atoms. The highest BCUT2D eigenvalue weighted by Crippen LogP contribution is 2.33. The minimum atomic E-state index is -0.0750. The molecule has 0 unspecified atom stereocenters. The van der Waals surface area contributed by atoms with Gasteiger partial charge in [0.1, 0.15) is 11.3 Å². The van der Waals surface area contributed by atoms with Crippen LogP contribution < -0.4 is 5.32 Å². The Morgan fingerprint density at radius 1 is 0.879 bits per heavy atom. The molecule has 1 N–H and O–H groups in total. The Hall–Kier alpha value is -2.36. The zero-order valence-corrected chi connectivity index (χ0v) is 22.0. The van der Waals surface area contributed by atoms with Gasteiger partial charge in [-0.1, -0.05) is 77.8 Å². The number of nitrogens with one attached hydrogen (secondary N) is 1. The monoisotopic (exact) mass is 448 g/mol. The van der Waals surface area contributed by atoms with Crippen LogP contribution in [0.3, 0.4) is 0 Å². The molecule has 4 nitrogen and oxygen atoms in total. The minimum absolute atomic E-state index is 0.0750. The summed E-state index contributed by atoms with van der Waals surface area (Å²) < 4.78 is 2.43. The Kier molecular flexibility index (Phi) is 8.20. The number of fused-ring (bicyclic) bond motifs is 1. The van der Waals surface area contributed by atoms with Crippen molar-refractivity contribution in [3.05, 3.63) is 53.5 Å². The first-order valence-corrected chi connectivity index (χ1v) is 12.8. The molecule has 0 aliphatic carbocycles. The molecule has 2 heterocycles. The number of unbranched alkanes of at least 4 members (excludes halogenated alkanes) is 2. The SMILES string of the molecule is CCCCc1cc2c(nc(CCCC)n2Cc2ccccc2)c(NC(C)(C)CC(C)(C)C)n1. The Bertz CT molecular complexity index is 1030. The fourth-order valence-electron chi connectivity index (χ4n) is 4.95. The van der Waals surface area contributed by atoms with E-state index in [4.69, 9.17) is 9.97 Å². The summed E-state index contributed by atoms with van der Waals surface area (Å²) in [4.78, 5) is 10.3. The Labute approximate surface area is 201 Å². The molecular formula is C29H44N4. The highest BCUT2D eigenvalue weighted by molar-refractivity contribution is 5.87. The third kappa shape index (κ3) is 7.06. The standard InChI is InChI=1S/C29H44N4/c1-8-10-17-23-19-24-26(27(30-23)32-29(6,7)21-28(3,4)5)31-25(18-11-9-2)33(24)20-22-15-13-12-14-16-22/h12-16,19H,8-11,17-18,20-21H2,1-7H3,(H,30,32). The van der Waals surface area contributed by atoms with Crippen molar-refractivity contribution in [2.24, 2.45) is 5.41 Å². The topological polar surface area (TPSA) is 42.7 Å². The molecule has 0 bridgehead atoms. The molecule has 1 aromatic carbocycles. The van der Waals surface area contributed by atoms with Gasteiger partial charge >= 0.3 is 0 Å². The van der Waals surface area contributed by atoms with Crippen LogP contribution in [-0.4, -0.2) is 20.1 Å². The second-order valence-electron chi connectivity index (χ2n) is 11.4. The summed E-state index contributed by atoms with van der Waals surface area (Å²) in [7, 11) is 0. The van der Waals surface area contributed by atoms with Crippen LogP contribution in [0.4, 0.5) is 5.82 Å². The van der Waals surface area contributed by atoms with Crippen molar-refractivity contribution < 1.29 is 0 Å². The summed E-state index contributed by atoms with van der Waals surface area (Å²) in [6, 6.07) is 13.0. The lowest BCUT2D eigenvalue weighted by Crippen LogP contribution is -2.36. The first-order valence-electron chi connectivity index (χ1n) is 12.8. The predicted molar refractivity (Wildman–Crippen MR) is 142 cm³/mol. The van der Waals surface area contributed by atoms with Crippen LogP contribution in [0.1, 0.15) is 97.7 Å². The first kappa shape index (κ1) is 25.3. The molecule has 180 valence electrons. The van der Waals surface area contributed by atoms with E-state index in [9.17, 15) is 0 Å². The predicted octanol–water partition coefficient (Wildman–Crippen LogP) is 7.79. The van der Waals surface area contributed by atoms with Gasteiger partial charge in [-0.25, -0.2) is 9.97 Å². The largest absolute Gasteiger partial charge is 0.363 e. The maximum Gasteiger partial charge on any atom is 0.154 e. The maximum absolute atomic E-state index is 5.19. The maximum atomic E-state index is 5.19. The van der Waals surface area contributed by atoms with Crippen molar-refractivity contribution in [1.82, 2.24) is 14.5 Å². The number of aryl methyl sites for hydroxylation is 2. The van der Waals surface area contributed by atoms with E-state index >= 15 is 0 Å². The summed E-state index contributed by atoms with van der Waals surface area (Å²) in [5.41, 5.74) is 4.85. The fraction of sp³-hybridized carbons (Fsp3) is 0.586. The van der Waals surface area contributed by atoms with E-state index in [1.54, 1.807) is 0 Å². The van der Waals surface area contributed by atoms with Gasteiger partial charge in [0.05, 0.1) is 5.52 Å². The number of hydrogen-bond donors (Lipinski definition) is 1. The molecular weight excluding hydrogens is 404 g/mol. The van der Waals surface area contributed by atoms with E-state index in [1.807, 2.05) is 0 Å². The molecule has 0 fully saturated rings. The number of rotatable bonds is 11. The molecule has 3 rings (SSSR count). The van der Waals surface area contributed by atoms with Gasteiger partial charge in [-0.15, -0.1) is 0 Å². The van der Waals surface area contributed by atoms with Crippen LogP contribution in [0.5, 0.6) is 0 Å². The number of nitrogens with zero attached hydrogens (tertiary/aromatic N) is 3. The van der Waals surface area contributed by atoms with E-state index < -0.39 is 0 Å². The van der Waals surface area contributed by atoms with Gasteiger partial charge in [-0.05, 0) is 56.6 Å². The van der Waals surface area contributed by atoms with Crippen molar-refractivity contribution in [2.45, 2.75) is 105 Å². The first-order chi connectivity index (χ1) is 15.6. The average molecular weight is 449 g/mol. The molecule has 0 aliphatic heterocycles. The van der Waals surface area contributed by atoms with Crippen LogP contribution in [0.25, 0.3) is 11.0 Å². The van der Waals surface area contributed by atoms with Gasteiger partial charge in [0.25, 0.3) is 0 Å². The molecule has 0 saturated carbocycles. The van der Waals surface area contributed by atoms with Crippen LogP contribution in [0.15, 0.2) is 36.4 Å². The summed E-state index contributed by atoms with van der Waals surface area (Å²) in [5, 5.41) is 3.81. The quantitative estimate of drug-likeness (QED) is 0.325. The average Bonchev–Trinajstić information content (AvgIpc) is 3.07. The van der Waals surface area contributed by atoms with Gasteiger partial charge < -0.3 is 9.88 Å². The van der Waals surface area contributed by atoms with Crippen molar-refractivity contribution >= 4 is 16.9 Å². The van der Waals surface area contributed by atoms with E-state index in [1.165, 1.54) is 23.3 Å². The normalized spacial score (nSPS) is 12.5. The van der Waals surface area contributed by atoms with E-state index in [-0.39, 0.29) is 11.0 Å². The zero-order valence-electron chi connectivity index (χ0n) is 22.0. The summed E-state index contributed by atoms with van der Waals surface area (Å²) >= 11 is 0. The third-order valence-electron chi connectivity index (χ3n) is 6.02. The molecule has 0 saturated heterocycles. The molecule has 4 heteroatoms. The van der Waals surface area contributed by atoms with Gasteiger partial charge in [-0.3, -0.25) is 0 Å². The van der Waals surface area contributed by atoms with Gasteiger partial charge in [0, 0.05) is 24.2 Å². The molecule has 2 aromatic heterocycles. The molecule has 0 aliphatic rings. The Balaban J connectivity index is 2.12.